The Morgan fingerprint density at radius 2 is 2.28 bits per heavy atom. The molecule has 0 bridgehead atoms. The zero-order valence-corrected chi connectivity index (χ0v) is 12.3. The topological polar surface area (TPSA) is 105 Å². The summed E-state index contributed by atoms with van der Waals surface area (Å²) in [5.41, 5.74) is 0. The Morgan fingerprint density at radius 1 is 1.56 bits per heavy atom. The standard InChI is InChI=1S/C8H8BrN3O4S2/c1-4-10-11-8(17-4)12-18(14,15)6-2-5(3-13)16-7(6)9/h2,13H,3H2,1H3,(H,11,12). The molecule has 0 radical (unpaired) electrons. The van der Waals surface area contributed by atoms with Gasteiger partial charge in [-0.25, -0.2) is 8.42 Å². The molecule has 0 saturated heterocycles. The highest BCUT2D eigenvalue weighted by atomic mass is 79.9. The number of furan rings is 1. The summed E-state index contributed by atoms with van der Waals surface area (Å²) < 4.78 is 31.3. The first kappa shape index (κ1) is 13.5. The second kappa shape index (κ2) is 4.96. The lowest BCUT2D eigenvalue weighted by molar-refractivity contribution is 0.245. The first-order chi connectivity index (χ1) is 8.42. The first-order valence-electron chi connectivity index (χ1n) is 4.64. The third-order valence-corrected chi connectivity index (χ3v) is 4.98. The van der Waals surface area contributed by atoms with Gasteiger partial charge in [-0.05, 0) is 22.9 Å². The molecule has 2 rings (SSSR count). The van der Waals surface area contributed by atoms with E-state index < -0.39 is 10.0 Å². The van der Waals surface area contributed by atoms with Gasteiger partial charge in [0.2, 0.25) is 5.13 Å². The molecule has 0 atom stereocenters. The fourth-order valence-corrected chi connectivity index (χ4v) is 3.99. The number of sulfonamides is 1. The van der Waals surface area contributed by atoms with Crippen molar-refractivity contribution in [1.29, 1.82) is 0 Å². The van der Waals surface area contributed by atoms with Crippen LogP contribution in [0.3, 0.4) is 0 Å². The normalized spacial score (nSPS) is 11.7. The molecule has 10 heteroatoms. The van der Waals surface area contributed by atoms with Gasteiger partial charge in [-0.1, -0.05) is 11.3 Å². The minimum Gasteiger partial charge on any atom is -0.450 e. The van der Waals surface area contributed by atoms with Gasteiger partial charge in [0.1, 0.15) is 22.3 Å². The largest absolute Gasteiger partial charge is 0.450 e. The van der Waals surface area contributed by atoms with E-state index in [0.29, 0.717) is 5.01 Å². The van der Waals surface area contributed by atoms with Crippen LogP contribution in [0.15, 0.2) is 20.0 Å². The Kier molecular flexibility index (Phi) is 3.71. The number of hydrogen-bond donors (Lipinski definition) is 2. The van der Waals surface area contributed by atoms with E-state index in [-0.39, 0.29) is 27.1 Å². The Bertz CT molecular complexity index is 664. The number of aliphatic hydroxyl groups is 1. The third-order valence-electron chi connectivity index (χ3n) is 1.90. The molecule has 0 fully saturated rings. The van der Waals surface area contributed by atoms with E-state index in [9.17, 15) is 8.42 Å². The average Bonchev–Trinajstić information content (AvgIpc) is 2.84. The van der Waals surface area contributed by atoms with Crippen LogP contribution >= 0.6 is 27.3 Å². The predicted molar refractivity (Wildman–Crippen MR) is 67.8 cm³/mol. The minimum atomic E-state index is -3.81. The number of aromatic nitrogens is 2. The summed E-state index contributed by atoms with van der Waals surface area (Å²) in [6.07, 6.45) is 0. The van der Waals surface area contributed by atoms with Crippen LogP contribution in [-0.2, 0) is 16.6 Å². The molecule has 2 N–H and O–H groups in total. The van der Waals surface area contributed by atoms with E-state index in [4.69, 9.17) is 9.52 Å². The summed E-state index contributed by atoms with van der Waals surface area (Å²) in [6.45, 7) is 1.33. The van der Waals surface area contributed by atoms with Crippen molar-refractivity contribution < 1.29 is 17.9 Å². The van der Waals surface area contributed by atoms with Crippen LogP contribution in [0.2, 0.25) is 0 Å². The van der Waals surface area contributed by atoms with Crippen molar-refractivity contribution in [3.63, 3.8) is 0 Å². The van der Waals surface area contributed by atoms with Gasteiger partial charge in [0, 0.05) is 6.07 Å². The molecule has 2 aromatic rings. The molecule has 2 aromatic heterocycles. The number of rotatable bonds is 4. The highest BCUT2D eigenvalue weighted by Gasteiger charge is 2.23. The number of hydrogen-bond acceptors (Lipinski definition) is 7. The SMILES string of the molecule is Cc1nnc(NS(=O)(=O)c2cc(CO)oc2Br)s1. The Balaban J connectivity index is 2.33. The summed E-state index contributed by atoms with van der Waals surface area (Å²) in [6, 6.07) is 1.24. The molecule has 7 nitrogen and oxygen atoms in total. The van der Waals surface area contributed by atoms with Gasteiger partial charge >= 0.3 is 0 Å². The molecule has 0 unspecified atom stereocenters. The summed E-state index contributed by atoms with van der Waals surface area (Å²) in [4.78, 5) is -0.0978. The molecule has 2 heterocycles. The van der Waals surface area contributed by atoms with Crippen molar-refractivity contribution in [2.75, 3.05) is 4.72 Å². The lowest BCUT2D eigenvalue weighted by Gasteiger charge is -2.01. The Labute approximate surface area is 115 Å². The van der Waals surface area contributed by atoms with Gasteiger partial charge in [0.15, 0.2) is 4.67 Å². The maximum absolute atomic E-state index is 12.0. The smallest absolute Gasteiger partial charge is 0.268 e. The molecule has 0 aliphatic heterocycles. The second-order valence-electron chi connectivity index (χ2n) is 3.24. The molecule has 0 aromatic carbocycles. The summed E-state index contributed by atoms with van der Waals surface area (Å²) in [5, 5.41) is 17.1. The molecule has 0 amide bonds. The van der Waals surface area contributed by atoms with Crippen LogP contribution in [0, 0.1) is 6.92 Å². The fraction of sp³-hybridized carbons (Fsp3) is 0.250. The number of aryl methyl sites for hydroxylation is 1. The molecule has 0 aliphatic carbocycles. The van der Waals surface area contributed by atoms with Crippen LogP contribution in [0.5, 0.6) is 0 Å². The molecular weight excluding hydrogens is 346 g/mol. The molecule has 18 heavy (non-hydrogen) atoms. The molecule has 0 saturated carbocycles. The van der Waals surface area contributed by atoms with Crippen LogP contribution in [0.4, 0.5) is 5.13 Å². The lowest BCUT2D eigenvalue weighted by atomic mass is 10.5. The summed E-state index contributed by atoms with van der Waals surface area (Å²) in [5.74, 6) is 0.149. The van der Waals surface area contributed by atoms with Crippen LogP contribution in [-0.4, -0.2) is 23.7 Å². The monoisotopic (exact) mass is 353 g/mol. The van der Waals surface area contributed by atoms with E-state index in [0.717, 1.165) is 11.3 Å². The number of halogens is 1. The average molecular weight is 354 g/mol. The zero-order chi connectivity index (χ0) is 13.3. The maximum Gasteiger partial charge on any atom is 0.268 e. The van der Waals surface area contributed by atoms with Crippen molar-refractivity contribution in [1.82, 2.24) is 10.2 Å². The Hall–Kier alpha value is -0.970. The number of nitrogens with one attached hydrogen (secondary N) is 1. The van der Waals surface area contributed by atoms with Gasteiger partial charge in [0.05, 0.1) is 0 Å². The van der Waals surface area contributed by atoms with Crippen LogP contribution in [0.1, 0.15) is 10.8 Å². The van der Waals surface area contributed by atoms with Gasteiger partial charge in [-0.2, -0.15) is 0 Å². The zero-order valence-electron chi connectivity index (χ0n) is 9.05. The minimum absolute atomic E-state index is 0.0280. The van der Waals surface area contributed by atoms with Crippen molar-refractivity contribution >= 4 is 42.4 Å². The Morgan fingerprint density at radius 3 is 2.78 bits per heavy atom. The van der Waals surface area contributed by atoms with Gasteiger partial charge in [0.25, 0.3) is 10.0 Å². The fourth-order valence-electron chi connectivity index (χ4n) is 1.17. The van der Waals surface area contributed by atoms with Crippen molar-refractivity contribution in [3.8, 4) is 0 Å². The van der Waals surface area contributed by atoms with E-state index >= 15 is 0 Å². The quantitative estimate of drug-likeness (QED) is 0.862. The van der Waals surface area contributed by atoms with Crippen LogP contribution < -0.4 is 4.72 Å². The molecule has 0 spiro atoms. The summed E-state index contributed by atoms with van der Waals surface area (Å²) >= 11 is 4.10. The lowest BCUT2D eigenvalue weighted by Crippen LogP contribution is -2.12. The third kappa shape index (κ3) is 2.71. The molecular formula is C8H8BrN3O4S2. The van der Waals surface area contributed by atoms with Gasteiger partial charge in [-0.15, -0.1) is 10.2 Å². The first-order valence-corrected chi connectivity index (χ1v) is 7.73. The summed E-state index contributed by atoms with van der Waals surface area (Å²) in [7, 11) is -3.81. The van der Waals surface area contributed by atoms with Gasteiger partial charge < -0.3 is 9.52 Å². The highest BCUT2D eigenvalue weighted by Crippen LogP contribution is 2.28. The molecule has 98 valence electrons. The predicted octanol–water partition coefficient (Wildman–Crippen LogP) is 1.50. The number of anilines is 1. The highest BCUT2D eigenvalue weighted by molar-refractivity contribution is 9.10. The maximum atomic E-state index is 12.0. The van der Waals surface area contributed by atoms with E-state index in [2.05, 4.69) is 30.8 Å². The van der Waals surface area contributed by atoms with Gasteiger partial charge in [-0.3, -0.25) is 4.72 Å². The number of nitrogens with zero attached hydrogens (tertiary/aromatic N) is 2. The van der Waals surface area contributed by atoms with Crippen molar-refractivity contribution in [3.05, 3.63) is 21.5 Å². The second-order valence-corrected chi connectivity index (χ2v) is 6.79. The van der Waals surface area contributed by atoms with Crippen LogP contribution in [0.25, 0.3) is 0 Å². The van der Waals surface area contributed by atoms with E-state index in [1.54, 1.807) is 6.92 Å². The van der Waals surface area contributed by atoms with E-state index in [1.807, 2.05) is 0 Å². The molecule has 0 aliphatic rings. The van der Waals surface area contributed by atoms with E-state index in [1.165, 1.54) is 6.07 Å². The number of aliphatic hydroxyl groups excluding tert-OH is 1. The van der Waals surface area contributed by atoms with Crippen molar-refractivity contribution in [2.45, 2.75) is 18.4 Å². The van der Waals surface area contributed by atoms with Crippen molar-refractivity contribution in [2.24, 2.45) is 0 Å².